The predicted molar refractivity (Wildman–Crippen MR) is 90.1 cm³/mol. The molecular weight excluding hydrogens is 252 g/mol. The molecule has 0 N–H and O–H groups in total. The summed E-state index contributed by atoms with van der Waals surface area (Å²) in [4.78, 5) is 0. The van der Waals surface area contributed by atoms with Gasteiger partial charge < -0.3 is 0 Å². The standard InChI is InChI=1S/C21H32/c1-4-15-9-11-18-17-10-8-16-7-5-6-13-20(16,2)19(17)12-14-21(15,18)3/h7,9,17-19H,4-6,8,10-14H2,1-3H3/t17-,18-,19-,20-,21+/m0/s1. The first kappa shape index (κ1) is 14.1. The molecule has 21 heavy (non-hydrogen) atoms. The monoisotopic (exact) mass is 284 g/mol. The molecule has 0 spiro atoms. The molecule has 2 saturated carbocycles. The lowest BCUT2D eigenvalue weighted by Gasteiger charge is -2.58. The highest BCUT2D eigenvalue weighted by atomic mass is 14.6. The van der Waals surface area contributed by atoms with Crippen molar-refractivity contribution in [1.82, 2.24) is 0 Å². The molecule has 0 bridgehead atoms. The van der Waals surface area contributed by atoms with E-state index in [4.69, 9.17) is 0 Å². The molecule has 0 radical (unpaired) electrons. The van der Waals surface area contributed by atoms with Crippen molar-refractivity contribution in [2.45, 2.75) is 78.6 Å². The smallest absolute Gasteiger partial charge is 0.00824 e. The van der Waals surface area contributed by atoms with Crippen LogP contribution in [-0.2, 0) is 0 Å². The molecule has 0 amide bonds. The summed E-state index contributed by atoms with van der Waals surface area (Å²) in [6, 6.07) is 0. The molecule has 0 nitrogen and oxygen atoms in total. The SMILES string of the molecule is CCC1=CC[C@H]2[C@@H]3CCC4=CCCC[C@]4(C)[C@H]3CC[C@]12C. The molecule has 0 aromatic rings. The minimum Gasteiger partial charge on any atom is -0.0848 e. The van der Waals surface area contributed by atoms with Gasteiger partial charge in [-0.15, -0.1) is 0 Å². The first-order valence-corrected chi connectivity index (χ1v) is 9.48. The van der Waals surface area contributed by atoms with Gasteiger partial charge in [0.15, 0.2) is 0 Å². The Morgan fingerprint density at radius 3 is 2.71 bits per heavy atom. The minimum absolute atomic E-state index is 0.558. The van der Waals surface area contributed by atoms with Gasteiger partial charge in [-0.05, 0) is 86.4 Å². The van der Waals surface area contributed by atoms with E-state index in [-0.39, 0.29) is 0 Å². The summed E-state index contributed by atoms with van der Waals surface area (Å²) in [5, 5.41) is 0. The molecule has 4 rings (SSSR count). The highest BCUT2D eigenvalue weighted by molar-refractivity contribution is 5.28. The van der Waals surface area contributed by atoms with Gasteiger partial charge in [-0.25, -0.2) is 0 Å². The maximum absolute atomic E-state index is 2.63. The highest BCUT2D eigenvalue weighted by Gasteiger charge is 2.56. The molecule has 2 fully saturated rings. The van der Waals surface area contributed by atoms with Crippen molar-refractivity contribution in [2.75, 3.05) is 0 Å². The quantitative estimate of drug-likeness (QED) is 0.497. The van der Waals surface area contributed by atoms with Crippen LogP contribution in [0.15, 0.2) is 23.3 Å². The summed E-state index contributed by atoms with van der Waals surface area (Å²) >= 11 is 0. The average Bonchev–Trinajstić information content (AvgIpc) is 2.83. The van der Waals surface area contributed by atoms with Crippen molar-refractivity contribution in [3.63, 3.8) is 0 Å². The highest BCUT2D eigenvalue weighted by Crippen LogP contribution is 2.65. The molecule has 116 valence electrons. The van der Waals surface area contributed by atoms with Gasteiger partial charge in [-0.3, -0.25) is 0 Å². The van der Waals surface area contributed by atoms with E-state index in [1.807, 2.05) is 5.57 Å². The molecule has 0 heteroatoms. The zero-order chi connectivity index (χ0) is 14.7. The van der Waals surface area contributed by atoms with E-state index in [0.717, 1.165) is 17.8 Å². The lowest BCUT2D eigenvalue weighted by molar-refractivity contribution is -0.0291. The van der Waals surface area contributed by atoms with E-state index in [1.165, 1.54) is 57.8 Å². The molecule has 0 aromatic heterocycles. The van der Waals surface area contributed by atoms with Gasteiger partial charge in [0.25, 0.3) is 0 Å². The zero-order valence-electron chi connectivity index (χ0n) is 14.3. The Bertz CT molecular complexity index is 496. The third-order valence-electron chi connectivity index (χ3n) is 8.15. The summed E-state index contributed by atoms with van der Waals surface area (Å²) in [5.74, 6) is 2.95. The topological polar surface area (TPSA) is 0 Å². The second-order valence-corrected chi connectivity index (χ2v) is 8.73. The Kier molecular flexibility index (Phi) is 3.18. The van der Waals surface area contributed by atoms with E-state index < -0.39 is 0 Å². The van der Waals surface area contributed by atoms with Gasteiger partial charge in [0.2, 0.25) is 0 Å². The van der Waals surface area contributed by atoms with Crippen LogP contribution in [0.25, 0.3) is 0 Å². The van der Waals surface area contributed by atoms with Crippen LogP contribution in [-0.4, -0.2) is 0 Å². The minimum atomic E-state index is 0.558. The Labute approximate surface area is 131 Å². The molecule has 4 aliphatic rings. The number of rotatable bonds is 1. The van der Waals surface area contributed by atoms with Crippen LogP contribution in [0.4, 0.5) is 0 Å². The maximum Gasteiger partial charge on any atom is -0.00824 e. The Morgan fingerprint density at radius 1 is 1.05 bits per heavy atom. The van der Waals surface area contributed by atoms with Gasteiger partial charge in [0.1, 0.15) is 0 Å². The molecule has 0 heterocycles. The van der Waals surface area contributed by atoms with E-state index in [0.29, 0.717) is 10.8 Å². The van der Waals surface area contributed by atoms with Gasteiger partial charge in [0, 0.05) is 0 Å². The van der Waals surface area contributed by atoms with E-state index >= 15 is 0 Å². The van der Waals surface area contributed by atoms with Crippen molar-refractivity contribution in [3.05, 3.63) is 23.3 Å². The zero-order valence-corrected chi connectivity index (χ0v) is 14.3. The fourth-order valence-electron chi connectivity index (χ4n) is 6.96. The predicted octanol–water partition coefficient (Wildman–Crippen LogP) is 6.29. The lowest BCUT2D eigenvalue weighted by Crippen LogP contribution is -2.49. The van der Waals surface area contributed by atoms with Crippen LogP contribution >= 0.6 is 0 Å². The third-order valence-corrected chi connectivity index (χ3v) is 8.15. The van der Waals surface area contributed by atoms with Gasteiger partial charge in [-0.1, -0.05) is 44.1 Å². The van der Waals surface area contributed by atoms with Crippen molar-refractivity contribution in [1.29, 1.82) is 0 Å². The van der Waals surface area contributed by atoms with Crippen LogP contribution < -0.4 is 0 Å². The Morgan fingerprint density at radius 2 is 1.90 bits per heavy atom. The molecule has 0 unspecified atom stereocenters. The van der Waals surface area contributed by atoms with Crippen molar-refractivity contribution in [3.8, 4) is 0 Å². The van der Waals surface area contributed by atoms with Crippen molar-refractivity contribution in [2.24, 2.45) is 28.6 Å². The number of allylic oxidation sites excluding steroid dienone is 4. The molecule has 0 aromatic carbocycles. The summed E-state index contributed by atoms with van der Waals surface area (Å²) < 4.78 is 0. The van der Waals surface area contributed by atoms with Gasteiger partial charge in [0.05, 0.1) is 0 Å². The summed E-state index contributed by atoms with van der Waals surface area (Å²) in [6.07, 6.45) is 18.0. The Balaban J connectivity index is 1.67. The van der Waals surface area contributed by atoms with Gasteiger partial charge in [-0.2, -0.15) is 0 Å². The van der Waals surface area contributed by atoms with E-state index in [1.54, 1.807) is 5.57 Å². The molecular formula is C21H32. The maximum atomic E-state index is 2.63. The number of fused-ring (bicyclic) bond motifs is 5. The summed E-state index contributed by atoms with van der Waals surface area (Å²) in [5.41, 5.74) is 4.76. The largest absolute Gasteiger partial charge is 0.0848 e. The Hall–Kier alpha value is -0.520. The summed E-state index contributed by atoms with van der Waals surface area (Å²) in [6.45, 7) is 7.60. The first-order valence-electron chi connectivity index (χ1n) is 9.48. The van der Waals surface area contributed by atoms with Crippen molar-refractivity contribution < 1.29 is 0 Å². The van der Waals surface area contributed by atoms with Crippen LogP contribution in [0, 0.1) is 28.6 Å². The van der Waals surface area contributed by atoms with Crippen LogP contribution in [0.5, 0.6) is 0 Å². The van der Waals surface area contributed by atoms with E-state index in [9.17, 15) is 0 Å². The molecule has 5 atom stereocenters. The average molecular weight is 284 g/mol. The second-order valence-electron chi connectivity index (χ2n) is 8.73. The van der Waals surface area contributed by atoms with Gasteiger partial charge >= 0.3 is 0 Å². The third kappa shape index (κ3) is 1.80. The molecule has 4 aliphatic carbocycles. The van der Waals surface area contributed by atoms with Crippen LogP contribution in [0.1, 0.15) is 78.6 Å². The van der Waals surface area contributed by atoms with Crippen LogP contribution in [0.2, 0.25) is 0 Å². The fraction of sp³-hybridized carbons (Fsp3) is 0.810. The number of hydrogen-bond donors (Lipinski definition) is 0. The fourth-order valence-corrected chi connectivity index (χ4v) is 6.96. The molecule has 0 saturated heterocycles. The first-order chi connectivity index (χ1) is 10.1. The summed E-state index contributed by atoms with van der Waals surface area (Å²) in [7, 11) is 0. The second kappa shape index (κ2) is 4.74. The van der Waals surface area contributed by atoms with E-state index in [2.05, 4.69) is 32.9 Å². The lowest BCUT2D eigenvalue weighted by atomic mass is 9.47. The van der Waals surface area contributed by atoms with Crippen molar-refractivity contribution >= 4 is 0 Å². The number of hydrogen-bond acceptors (Lipinski definition) is 0. The normalized spacial score (nSPS) is 48.8. The van der Waals surface area contributed by atoms with Crippen LogP contribution in [0.3, 0.4) is 0 Å². The molecule has 0 aliphatic heterocycles.